The van der Waals surface area contributed by atoms with Crippen LogP contribution in [-0.2, 0) is 4.79 Å². The highest BCUT2D eigenvalue weighted by Gasteiger charge is 2.29. The number of carboxylic acid groups (broad SMARTS) is 1. The Labute approximate surface area is 94.9 Å². The molecule has 1 N–H and O–H groups in total. The summed E-state index contributed by atoms with van der Waals surface area (Å²) in [6.07, 6.45) is 7.41. The van der Waals surface area contributed by atoms with Crippen LogP contribution in [0, 0.1) is 5.41 Å². The smallest absolute Gasteiger partial charge is 0.317 e. The molecule has 1 aromatic rings. The lowest BCUT2D eigenvalue weighted by Crippen LogP contribution is -2.24. The van der Waals surface area contributed by atoms with Crippen LogP contribution < -0.4 is 0 Å². The number of aliphatic carboxylic acids is 1. The Kier molecular flexibility index (Phi) is 2.65. The zero-order valence-corrected chi connectivity index (χ0v) is 9.13. The zero-order chi connectivity index (χ0) is 11.6. The van der Waals surface area contributed by atoms with Crippen molar-refractivity contribution in [1.82, 2.24) is 0 Å². The number of carboxylic acids is 1. The fraction of sp³-hybridized carbons (Fsp3) is 0.214. The molecule has 2 rings (SSSR count). The van der Waals surface area contributed by atoms with Crippen molar-refractivity contribution < 1.29 is 9.90 Å². The second-order valence-electron chi connectivity index (χ2n) is 4.24. The fourth-order valence-corrected chi connectivity index (χ4v) is 1.77. The maximum atomic E-state index is 11.0. The highest BCUT2D eigenvalue weighted by atomic mass is 16.4. The number of rotatable bonds is 2. The van der Waals surface area contributed by atoms with E-state index < -0.39 is 11.4 Å². The largest absolute Gasteiger partial charge is 0.480 e. The van der Waals surface area contributed by atoms with Gasteiger partial charge < -0.3 is 5.11 Å². The number of hydrogen-bond acceptors (Lipinski definition) is 1. The van der Waals surface area contributed by atoms with E-state index in [1.165, 1.54) is 5.56 Å². The van der Waals surface area contributed by atoms with Crippen LogP contribution in [0.3, 0.4) is 0 Å². The summed E-state index contributed by atoms with van der Waals surface area (Å²) in [5.41, 5.74) is 0.327. The van der Waals surface area contributed by atoms with E-state index in [1.54, 1.807) is 19.1 Å². The quantitative estimate of drug-likeness (QED) is 0.768. The van der Waals surface area contributed by atoms with Crippen LogP contribution in [0.15, 0.2) is 54.6 Å². The van der Waals surface area contributed by atoms with Gasteiger partial charge in [0.2, 0.25) is 0 Å². The van der Waals surface area contributed by atoms with Gasteiger partial charge in [-0.2, -0.15) is 0 Å². The summed E-state index contributed by atoms with van der Waals surface area (Å²) in [4.78, 5) is 11.0. The maximum absolute atomic E-state index is 11.0. The highest BCUT2D eigenvalue weighted by molar-refractivity contribution is 5.79. The van der Waals surface area contributed by atoms with Gasteiger partial charge in [0, 0.05) is 5.92 Å². The maximum Gasteiger partial charge on any atom is 0.317 e. The Balaban J connectivity index is 2.22. The van der Waals surface area contributed by atoms with Crippen LogP contribution in [0.5, 0.6) is 0 Å². The van der Waals surface area contributed by atoms with Crippen molar-refractivity contribution in [3.8, 4) is 0 Å². The third-order valence-electron chi connectivity index (χ3n) is 2.94. The van der Waals surface area contributed by atoms with E-state index in [1.807, 2.05) is 42.5 Å². The molecule has 82 valence electrons. The van der Waals surface area contributed by atoms with E-state index in [2.05, 4.69) is 0 Å². The van der Waals surface area contributed by atoms with Gasteiger partial charge in [-0.05, 0) is 12.5 Å². The van der Waals surface area contributed by atoms with Crippen LogP contribution >= 0.6 is 0 Å². The number of allylic oxidation sites excluding steroid dienone is 2. The van der Waals surface area contributed by atoms with Crippen LogP contribution in [0.4, 0.5) is 0 Å². The summed E-state index contributed by atoms with van der Waals surface area (Å²) in [7, 11) is 0. The zero-order valence-electron chi connectivity index (χ0n) is 9.13. The molecule has 0 spiro atoms. The average molecular weight is 214 g/mol. The average Bonchev–Trinajstić information content (AvgIpc) is 2.31. The van der Waals surface area contributed by atoms with Gasteiger partial charge >= 0.3 is 5.97 Å². The molecule has 1 aromatic carbocycles. The molecule has 0 fully saturated rings. The van der Waals surface area contributed by atoms with E-state index in [4.69, 9.17) is 5.11 Å². The minimum Gasteiger partial charge on any atom is -0.480 e. The third-order valence-corrected chi connectivity index (χ3v) is 2.94. The summed E-state index contributed by atoms with van der Waals surface area (Å²) < 4.78 is 0. The molecule has 0 aliphatic heterocycles. The Morgan fingerprint density at radius 2 is 1.75 bits per heavy atom. The number of carbonyl (C=O) groups is 1. The van der Waals surface area contributed by atoms with Crippen LogP contribution in [-0.4, -0.2) is 11.1 Å². The Morgan fingerprint density at radius 1 is 1.19 bits per heavy atom. The molecule has 1 aliphatic rings. The van der Waals surface area contributed by atoms with Crippen molar-refractivity contribution >= 4 is 5.97 Å². The van der Waals surface area contributed by atoms with Gasteiger partial charge in [0.15, 0.2) is 0 Å². The lowest BCUT2D eigenvalue weighted by Gasteiger charge is -2.22. The Hall–Kier alpha value is -1.83. The molecule has 0 atom stereocenters. The summed E-state index contributed by atoms with van der Waals surface area (Å²) in [5.74, 6) is -0.625. The lowest BCUT2D eigenvalue weighted by molar-refractivity contribution is -0.142. The summed E-state index contributed by atoms with van der Waals surface area (Å²) in [6.45, 7) is 1.70. The summed E-state index contributed by atoms with van der Waals surface area (Å²) in [6, 6.07) is 10.0. The molecule has 0 bridgehead atoms. The van der Waals surface area contributed by atoms with Gasteiger partial charge in [-0.15, -0.1) is 0 Å². The van der Waals surface area contributed by atoms with E-state index in [0.717, 1.165) is 0 Å². The molecular weight excluding hydrogens is 200 g/mol. The first-order valence-electron chi connectivity index (χ1n) is 5.29. The van der Waals surface area contributed by atoms with Crippen molar-refractivity contribution in [3.05, 3.63) is 60.2 Å². The van der Waals surface area contributed by atoms with Crippen molar-refractivity contribution in [1.29, 1.82) is 0 Å². The minimum atomic E-state index is -0.856. The molecular formula is C14H14O2. The normalized spacial score (nSPS) is 27.9. The molecule has 0 unspecified atom stereocenters. The predicted molar refractivity (Wildman–Crippen MR) is 63.2 cm³/mol. The van der Waals surface area contributed by atoms with Crippen LogP contribution in [0.1, 0.15) is 18.4 Å². The monoisotopic (exact) mass is 214 g/mol. The van der Waals surface area contributed by atoms with Crippen molar-refractivity contribution in [3.63, 3.8) is 0 Å². The van der Waals surface area contributed by atoms with Gasteiger partial charge in [-0.3, -0.25) is 4.79 Å². The standard InChI is InChI=1S/C14H14O2/c1-14(13(15)16)9-7-12(8-10-14)11-5-3-2-4-6-11/h2-10,12H,1H3,(H,15,16). The first kappa shape index (κ1) is 10.7. The molecule has 0 saturated heterocycles. The van der Waals surface area contributed by atoms with E-state index in [0.29, 0.717) is 0 Å². The molecule has 0 amide bonds. The molecule has 16 heavy (non-hydrogen) atoms. The van der Waals surface area contributed by atoms with Gasteiger partial charge in [-0.1, -0.05) is 54.6 Å². The van der Waals surface area contributed by atoms with Gasteiger partial charge in [0.25, 0.3) is 0 Å². The third kappa shape index (κ3) is 1.91. The van der Waals surface area contributed by atoms with Gasteiger partial charge in [-0.25, -0.2) is 0 Å². The van der Waals surface area contributed by atoms with E-state index >= 15 is 0 Å². The molecule has 0 radical (unpaired) electrons. The van der Waals surface area contributed by atoms with Crippen molar-refractivity contribution in [2.24, 2.45) is 5.41 Å². The van der Waals surface area contributed by atoms with E-state index in [9.17, 15) is 4.79 Å². The van der Waals surface area contributed by atoms with Crippen LogP contribution in [0.2, 0.25) is 0 Å². The number of hydrogen-bond donors (Lipinski definition) is 1. The van der Waals surface area contributed by atoms with Gasteiger partial charge in [0.05, 0.1) is 0 Å². The SMILES string of the molecule is CC1(C(=O)O)C=CC(c2ccccc2)C=C1. The summed E-state index contributed by atoms with van der Waals surface area (Å²) in [5, 5.41) is 9.05. The molecule has 2 nitrogen and oxygen atoms in total. The lowest BCUT2D eigenvalue weighted by atomic mass is 9.81. The first-order valence-corrected chi connectivity index (χ1v) is 5.29. The Morgan fingerprint density at radius 3 is 2.25 bits per heavy atom. The topological polar surface area (TPSA) is 37.3 Å². The Bertz CT molecular complexity index is 429. The fourth-order valence-electron chi connectivity index (χ4n) is 1.77. The van der Waals surface area contributed by atoms with Crippen molar-refractivity contribution in [2.75, 3.05) is 0 Å². The molecule has 1 aliphatic carbocycles. The second kappa shape index (κ2) is 3.97. The molecule has 0 heterocycles. The summed E-state index contributed by atoms with van der Waals surface area (Å²) >= 11 is 0. The molecule has 0 aromatic heterocycles. The van der Waals surface area contributed by atoms with Gasteiger partial charge in [0.1, 0.15) is 5.41 Å². The molecule has 2 heteroatoms. The number of benzene rings is 1. The molecule has 0 saturated carbocycles. The highest BCUT2D eigenvalue weighted by Crippen LogP contribution is 2.31. The van der Waals surface area contributed by atoms with Crippen LogP contribution in [0.25, 0.3) is 0 Å². The first-order chi connectivity index (χ1) is 7.62. The minimum absolute atomic E-state index is 0.189. The second-order valence-corrected chi connectivity index (χ2v) is 4.24. The van der Waals surface area contributed by atoms with Crippen molar-refractivity contribution in [2.45, 2.75) is 12.8 Å². The predicted octanol–water partition coefficient (Wildman–Crippen LogP) is 2.99. The van der Waals surface area contributed by atoms with E-state index in [-0.39, 0.29) is 5.92 Å².